The number of carbonyl (C=O) groups is 1. The van der Waals surface area contributed by atoms with Crippen LogP contribution in [0.3, 0.4) is 0 Å². The van der Waals surface area contributed by atoms with Gasteiger partial charge in [-0.2, -0.15) is 5.10 Å². The average Bonchev–Trinajstić information content (AvgIpc) is 2.66. The molecule has 1 atom stereocenters. The van der Waals surface area contributed by atoms with E-state index >= 15 is 0 Å². The number of nitrogens with zero attached hydrogens (tertiary/aromatic N) is 1. The summed E-state index contributed by atoms with van der Waals surface area (Å²) < 4.78 is 10.6. The van der Waals surface area contributed by atoms with Gasteiger partial charge in [-0.15, -0.1) is 0 Å². The van der Waals surface area contributed by atoms with Gasteiger partial charge in [0.2, 0.25) is 0 Å². The van der Waals surface area contributed by atoms with Gasteiger partial charge in [-0.3, -0.25) is 4.79 Å². The maximum Gasteiger partial charge on any atom is 0.262 e. The molecule has 0 spiro atoms. The van der Waals surface area contributed by atoms with Crippen molar-refractivity contribution in [1.29, 1.82) is 0 Å². The molecule has 138 valence electrons. The number of anilines is 1. The third-order valence-electron chi connectivity index (χ3n) is 3.96. The second-order valence-corrected chi connectivity index (χ2v) is 5.97. The zero-order valence-corrected chi connectivity index (χ0v) is 15.8. The molecular weight excluding hydrogens is 330 g/mol. The molecule has 2 rings (SSSR count). The molecule has 0 heterocycles. The van der Waals surface area contributed by atoms with Crippen molar-refractivity contribution in [1.82, 2.24) is 5.43 Å². The summed E-state index contributed by atoms with van der Waals surface area (Å²) >= 11 is 0. The minimum absolute atomic E-state index is 0.225. The smallest absolute Gasteiger partial charge is 0.262 e. The molecule has 2 aromatic rings. The lowest BCUT2D eigenvalue weighted by Crippen LogP contribution is -2.35. The van der Waals surface area contributed by atoms with Crippen LogP contribution in [0.2, 0.25) is 0 Å². The van der Waals surface area contributed by atoms with Crippen LogP contribution in [0.4, 0.5) is 5.69 Å². The molecule has 0 fully saturated rings. The zero-order valence-electron chi connectivity index (χ0n) is 15.8. The monoisotopic (exact) mass is 355 g/mol. The van der Waals surface area contributed by atoms with Crippen molar-refractivity contribution in [3.8, 4) is 11.5 Å². The second kappa shape index (κ2) is 8.89. The van der Waals surface area contributed by atoms with E-state index in [1.54, 1.807) is 27.2 Å². The third kappa shape index (κ3) is 4.99. The Labute approximate surface area is 154 Å². The van der Waals surface area contributed by atoms with Crippen LogP contribution in [-0.4, -0.2) is 31.9 Å². The van der Waals surface area contributed by atoms with Crippen LogP contribution >= 0.6 is 0 Å². The van der Waals surface area contributed by atoms with Crippen LogP contribution in [0.1, 0.15) is 25.0 Å². The van der Waals surface area contributed by atoms with E-state index in [1.807, 2.05) is 50.2 Å². The maximum absolute atomic E-state index is 12.3. The summed E-state index contributed by atoms with van der Waals surface area (Å²) in [6.45, 7) is 5.61. The molecule has 6 heteroatoms. The van der Waals surface area contributed by atoms with Crippen molar-refractivity contribution in [2.45, 2.75) is 26.8 Å². The highest BCUT2D eigenvalue weighted by Gasteiger charge is 2.13. The molecule has 1 unspecified atom stereocenters. The van der Waals surface area contributed by atoms with E-state index in [2.05, 4.69) is 15.8 Å². The fourth-order valence-corrected chi connectivity index (χ4v) is 2.36. The number of ether oxygens (including phenoxy) is 2. The lowest BCUT2D eigenvalue weighted by molar-refractivity contribution is -0.121. The van der Waals surface area contributed by atoms with Crippen LogP contribution in [0.5, 0.6) is 11.5 Å². The number of hydrogen-bond acceptors (Lipinski definition) is 5. The van der Waals surface area contributed by atoms with Crippen LogP contribution in [-0.2, 0) is 4.79 Å². The highest BCUT2D eigenvalue weighted by Crippen LogP contribution is 2.25. The highest BCUT2D eigenvalue weighted by atomic mass is 16.5. The summed E-state index contributed by atoms with van der Waals surface area (Å²) in [6, 6.07) is 12.9. The molecular formula is C20H25N3O3. The molecule has 0 saturated heterocycles. The molecule has 2 N–H and O–H groups in total. The van der Waals surface area contributed by atoms with E-state index in [1.165, 1.54) is 5.56 Å². The van der Waals surface area contributed by atoms with Gasteiger partial charge in [0.15, 0.2) is 0 Å². The van der Waals surface area contributed by atoms with Crippen molar-refractivity contribution in [2.24, 2.45) is 5.10 Å². The quantitative estimate of drug-likeness (QED) is 0.590. The van der Waals surface area contributed by atoms with Gasteiger partial charge in [0.25, 0.3) is 5.91 Å². The first-order chi connectivity index (χ1) is 12.4. The Morgan fingerprint density at radius 1 is 1.08 bits per heavy atom. The molecule has 1 amide bonds. The molecule has 0 aromatic heterocycles. The Balaban J connectivity index is 2.03. The topological polar surface area (TPSA) is 72.0 Å². The number of aryl methyl sites for hydroxylation is 1. The number of benzene rings is 2. The molecule has 0 saturated carbocycles. The first-order valence-corrected chi connectivity index (χ1v) is 8.34. The summed E-state index contributed by atoms with van der Waals surface area (Å²) in [5.41, 5.74) is 6.07. The second-order valence-electron chi connectivity index (χ2n) is 5.97. The Morgan fingerprint density at radius 3 is 2.38 bits per heavy atom. The van der Waals surface area contributed by atoms with Gasteiger partial charge < -0.3 is 14.8 Å². The van der Waals surface area contributed by atoms with Crippen LogP contribution in [0.25, 0.3) is 0 Å². The third-order valence-corrected chi connectivity index (χ3v) is 3.96. The van der Waals surface area contributed by atoms with Gasteiger partial charge in [0, 0.05) is 17.3 Å². The predicted molar refractivity (Wildman–Crippen MR) is 104 cm³/mol. The van der Waals surface area contributed by atoms with Crippen LogP contribution < -0.4 is 20.2 Å². The number of hydrogen-bond donors (Lipinski definition) is 2. The van der Waals surface area contributed by atoms with Gasteiger partial charge in [-0.1, -0.05) is 17.7 Å². The lowest BCUT2D eigenvalue weighted by atomic mass is 10.1. The molecule has 0 radical (unpaired) electrons. The molecule has 6 nitrogen and oxygen atoms in total. The zero-order chi connectivity index (χ0) is 19.1. The number of rotatable bonds is 7. The highest BCUT2D eigenvalue weighted by molar-refractivity contribution is 6.02. The predicted octanol–water partition coefficient (Wildman–Crippen LogP) is 3.35. The number of methoxy groups -OCH3 is 2. The first-order valence-electron chi connectivity index (χ1n) is 8.34. The summed E-state index contributed by atoms with van der Waals surface area (Å²) in [6.07, 6.45) is 0. The van der Waals surface area contributed by atoms with E-state index < -0.39 is 6.04 Å². The SMILES string of the molecule is COc1ccc(C(C)=NNC(=O)C(C)Nc2ccc(C)cc2)c(OC)c1. The average molecular weight is 355 g/mol. The first kappa shape index (κ1) is 19.3. The van der Waals surface area contributed by atoms with E-state index in [-0.39, 0.29) is 5.91 Å². The molecule has 26 heavy (non-hydrogen) atoms. The molecule has 0 bridgehead atoms. The van der Waals surface area contributed by atoms with Gasteiger partial charge in [0.1, 0.15) is 17.5 Å². The minimum atomic E-state index is -0.424. The summed E-state index contributed by atoms with van der Waals surface area (Å²) in [7, 11) is 3.18. The standard InChI is InChI=1S/C20H25N3O3/c1-13-6-8-16(9-7-13)21-15(3)20(24)23-22-14(2)18-11-10-17(25-4)12-19(18)26-5/h6-12,15,21H,1-5H3,(H,23,24). The van der Waals surface area contributed by atoms with E-state index in [9.17, 15) is 4.79 Å². The molecule has 0 aliphatic rings. The number of hydrazone groups is 1. The fraction of sp³-hybridized carbons (Fsp3) is 0.300. The summed E-state index contributed by atoms with van der Waals surface area (Å²) in [5.74, 6) is 1.10. The normalized spacial score (nSPS) is 12.3. The molecule has 0 aliphatic carbocycles. The molecule has 2 aromatic carbocycles. The summed E-state index contributed by atoms with van der Waals surface area (Å²) in [5, 5.41) is 7.34. The Kier molecular flexibility index (Phi) is 6.60. The Bertz CT molecular complexity index is 785. The van der Waals surface area contributed by atoms with Gasteiger partial charge >= 0.3 is 0 Å². The Morgan fingerprint density at radius 2 is 1.77 bits per heavy atom. The van der Waals surface area contributed by atoms with Crippen molar-refractivity contribution in [2.75, 3.05) is 19.5 Å². The van der Waals surface area contributed by atoms with Gasteiger partial charge in [-0.05, 0) is 45.0 Å². The lowest BCUT2D eigenvalue weighted by Gasteiger charge is -2.14. The number of amides is 1. The largest absolute Gasteiger partial charge is 0.497 e. The van der Waals surface area contributed by atoms with Crippen LogP contribution in [0, 0.1) is 6.92 Å². The minimum Gasteiger partial charge on any atom is -0.497 e. The fourth-order valence-electron chi connectivity index (χ4n) is 2.36. The maximum atomic E-state index is 12.3. The van der Waals surface area contributed by atoms with Crippen molar-refractivity contribution in [3.63, 3.8) is 0 Å². The molecule has 0 aliphatic heterocycles. The van der Waals surface area contributed by atoms with E-state index in [0.29, 0.717) is 17.2 Å². The van der Waals surface area contributed by atoms with Gasteiger partial charge in [0.05, 0.1) is 19.9 Å². The number of nitrogens with one attached hydrogen (secondary N) is 2. The number of carbonyl (C=O) groups excluding carboxylic acids is 1. The summed E-state index contributed by atoms with van der Waals surface area (Å²) in [4.78, 5) is 12.3. The Hall–Kier alpha value is -3.02. The van der Waals surface area contributed by atoms with E-state index in [0.717, 1.165) is 11.3 Å². The van der Waals surface area contributed by atoms with Crippen molar-refractivity contribution < 1.29 is 14.3 Å². The van der Waals surface area contributed by atoms with Crippen molar-refractivity contribution >= 4 is 17.3 Å². The van der Waals surface area contributed by atoms with Gasteiger partial charge in [-0.25, -0.2) is 5.43 Å². The van der Waals surface area contributed by atoms with E-state index in [4.69, 9.17) is 9.47 Å². The van der Waals surface area contributed by atoms with Crippen LogP contribution in [0.15, 0.2) is 47.6 Å². The van der Waals surface area contributed by atoms with Crippen molar-refractivity contribution in [3.05, 3.63) is 53.6 Å².